The van der Waals surface area contributed by atoms with E-state index in [1.165, 1.54) is 6.07 Å². The van der Waals surface area contributed by atoms with Gasteiger partial charge in [0.1, 0.15) is 4.90 Å². The van der Waals surface area contributed by atoms with Gasteiger partial charge >= 0.3 is 0 Å². The quantitative estimate of drug-likeness (QED) is 0.822. The fraction of sp³-hybridized carbons (Fsp3) is 0.400. The molecule has 1 aromatic rings. The number of rotatable bonds is 2. The number of anilines is 1. The summed E-state index contributed by atoms with van der Waals surface area (Å²) in [5, 5.41) is 0. The Morgan fingerprint density at radius 2 is 1.88 bits per heavy atom. The highest BCUT2D eigenvalue weighted by molar-refractivity contribution is 9.10. The number of nitrogens with two attached hydrogens (primary N) is 1. The smallest absolute Gasteiger partial charge is 0.243 e. The van der Waals surface area contributed by atoms with Crippen LogP contribution in [0.2, 0.25) is 0 Å². The van der Waals surface area contributed by atoms with Crippen LogP contribution in [0.25, 0.3) is 0 Å². The fourth-order valence-electron chi connectivity index (χ4n) is 1.22. The van der Waals surface area contributed by atoms with Crippen molar-refractivity contribution in [1.29, 1.82) is 0 Å². The predicted molar refractivity (Wildman–Crippen MR) is 68.6 cm³/mol. The molecule has 16 heavy (non-hydrogen) atoms. The molecule has 0 aromatic heterocycles. The Kier molecular flexibility index (Phi) is 3.66. The first-order valence-corrected chi connectivity index (χ1v) is 6.98. The summed E-state index contributed by atoms with van der Waals surface area (Å²) < 4.78 is 27.2. The molecule has 6 heteroatoms. The van der Waals surface area contributed by atoms with E-state index >= 15 is 0 Å². The van der Waals surface area contributed by atoms with Crippen molar-refractivity contribution in [2.45, 2.75) is 31.2 Å². The molecule has 0 atom stereocenters. The van der Waals surface area contributed by atoms with E-state index < -0.39 is 15.6 Å². The molecule has 1 rings (SSSR count). The largest absolute Gasteiger partial charge is 0.398 e. The molecule has 0 spiro atoms. The normalized spacial score (nSPS) is 12.8. The molecule has 0 saturated carbocycles. The van der Waals surface area contributed by atoms with Crippen molar-refractivity contribution in [1.82, 2.24) is 4.72 Å². The maximum absolute atomic E-state index is 12.0. The molecule has 0 fully saturated rings. The summed E-state index contributed by atoms with van der Waals surface area (Å²) in [6.07, 6.45) is 0. The van der Waals surface area contributed by atoms with E-state index in [1.54, 1.807) is 32.9 Å². The van der Waals surface area contributed by atoms with Gasteiger partial charge in [-0.05, 0) is 39.0 Å². The summed E-state index contributed by atoms with van der Waals surface area (Å²) in [6, 6.07) is 4.69. The standard InChI is InChI=1S/C10H15BrN2O2S/c1-10(2,3)13-16(14,15)9-5-4-7(11)6-8(9)12/h4-6,13H,12H2,1-3H3. The molecule has 3 N–H and O–H groups in total. The van der Waals surface area contributed by atoms with Crippen molar-refractivity contribution < 1.29 is 8.42 Å². The van der Waals surface area contributed by atoms with Crippen LogP contribution in [0.1, 0.15) is 20.8 Å². The average molecular weight is 307 g/mol. The monoisotopic (exact) mass is 306 g/mol. The highest BCUT2D eigenvalue weighted by Gasteiger charge is 2.23. The molecule has 90 valence electrons. The third-order valence-electron chi connectivity index (χ3n) is 1.70. The van der Waals surface area contributed by atoms with E-state index in [9.17, 15) is 8.42 Å². The lowest BCUT2D eigenvalue weighted by Crippen LogP contribution is -2.40. The summed E-state index contributed by atoms with van der Waals surface area (Å²) in [7, 11) is -3.56. The summed E-state index contributed by atoms with van der Waals surface area (Å²) in [5.41, 5.74) is 5.38. The fourth-order valence-corrected chi connectivity index (χ4v) is 3.13. The number of nitrogen functional groups attached to an aromatic ring is 1. The van der Waals surface area contributed by atoms with Crippen LogP contribution in [0.15, 0.2) is 27.6 Å². The van der Waals surface area contributed by atoms with E-state index in [0.29, 0.717) is 0 Å². The lowest BCUT2D eigenvalue weighted by atomic mass is 10.1. The van der Waals surface area contributed by atoms with Gasteiger partial charge in [-0.2, -0.15) is 0 Å². The minimum absolute atomic E-state index is 0.102. The summed E-state index contributed by atoms with van der Waals surface area (Å²) >= 11 is 3.23. The third-order valence-corrected chi connectivity index (χ3v) is 4.03. The molecule has 0 aliphatic rings. The van der Waals surface area contributed by atoms with Crippen molar-refractivity contribution in [3.8, 4) is 0 Å². The van der Waals surface area contributed by atoms with Crippen molar-refractivity contribution in [2.75, 3.05) is 5.73 Å². The van der Waals surface area contributed by atoms with E-state index in [4.69, 9.17) is 5.73 Å². The van der Waals surface area contributed by atoms with Crippen LogP contribution < -0.4 is 10.5 Å². The second kappa shape index (κ2) is 4.35. The molecule has 0 unspecified atom stereocenters. The predicted octanol–water partition coefficient (Wildman–Crippen LogP) is 2.11. The number of halogens is 1. The summed E-state index contributed by atoms with van der Waals surface area (Å²) in [5.74, 6) is 0. The Labute approximate surface area is 104 Å². The zero-order chi connectivity index (χ0) is 12.6. The van der Waals surface area contributed by atoms with Crippen molar-refractivity contribution in [3.05, 3.63) is 22.7 Å². The third kappa shape index (κ3) is 3.47. The zero-order valence-electron chi connectivity index (χ0n) is 9.41. The molecule has 0 aliphatic carbocycles. The summed E-state index contributed by atoms with van der Waals surface area (Å²) in [4.78, 5) is 0.102. The van der Waals surface area contributed by atoms with Crippen LogP contribution in [-0.4, -0.2) is 14.0 Å². The number of benzene rings is 1. The number of hydrogen-bond donors (Lipinski definition) is 2. The maximum atomic E-state index is 12.0. The van der Waals surface area contributed by atoms with Gasteiger partial charge in [-0.1, -0.05) is 15.9 Å². The Balaban J connectivity index is 3.18. The van der Waals surface area contributed by atoms with Gasteiger partial charge in [0.05, 0.1) is 5.69 Å². The first-order valence-electron chi connectivity index (χ1n) is 4.71. The minimum atomic E-state index is -3.56. The Morgan fingerprint density at radius 3 is 2.31 bits per heavy atom. The van der Waals surface area contributed by atoms with E-state index in [-0.39, 0.29) is 10.6 Å². The molecule has 0 heterocycles. The first-order chi connectivity index (χ1) is 7.12. The van der Waals surface area contributed by atoms with Gasteiger partial charge in [-0.15, -0.1) is 0 Å². The Morgan fingerprint density at radius 1 is 1.31 bits per heavy atom. The number of hydrogen-bond acceptors (Lipinski definition) is 3. The van der Waals surface area contributed by atoms with Crippen LogP contribution >= 0.6 is 15.9 Å². The van der Waals surface area contributed by atoms with Gasteiger partial charge in [0, 0.05) is 10.0 Å². The number of nitrogens with one attached hydrogen (secondary N) is 1. The second-order valence-electron chi connectivity index (χ2n) is 4.54. The van der Waals surface area contributed by atoms with Crippen molar-refractivity contribution in [2.24, 2.45) is 0 Å². The van der Waals surface area contributed by atoms with Crippen LogP contribution in [0, 0.1) is 0 Å². The molecule has 1 aromatic carbocycles. The number of sulfonamides is 1. The zero-order valence-corrected chi connectivity index (χ0v) is 11.8. The van der Waals surface area contributed by atoms with Crippen LogP contribution in [0.3, 0.4) is 0 Å². The van der Waals surface area contributed by atoms with Crippen LogP contribution in [0.4, 0.5) is 5.69 Å². The van der Waals surface area contributed by atoms with Crippen LogP contribution in [-0.2, 0) is 10.0 Å². The lowest BCUT2D eigenvalue weighted by molar-refractivity contribution is 0.492. The first kappa shape index (κ1) is 13.5. The van der Waals surface area contributed by atoms with Gasteiger partial charge in [0.25, 0.3) is 0 Å². The molecule has 4 nitrogen and oxygen atoms in total. The topological polar surface area (TPSA) is 72.2 Å². The van der Waals surface area contributed by atoms with E-state index in [0.717, 1.165) is 4.47 Å². The molecule has 0 aliphatic heterocycles. The maximum Gasteiger partial charge on any atom is 0.243 e. The van der Waals surface area contributed by atoms with Gasteiger partial charge in [-0.3, -0.25) is 0 Å². The van der Waals surface area contributed by atoms with Gasteiger partial charge in [0.15, 0.2) is 0 Å². The molecular formula is C10H15BrN2O2S. The Bertz CT molecular complexity index is 492. The molecule has 0 saturated heterocycles. The minimum Gasteiger partial charge on any atom is -0.398 e. The van der Waals surface area contributed by atoms with Gasteiger partial charge in [0.2, 0.25) is 10.0 Å². The molecule has 0 amide bonds. The molecule has 0 radical (unpaired) electrons. The summed E-state index contributed by atoms with van der Waals surface area (Å²) in [6.45, 7) is 5.33. The van der Waals surface area contributed by atoms with Crippen LogP contribution in [0.5, 0.6) is 0 Å². The highest BCUT2D eigenvalue weighted by atomic mass is 79.9. The molecule has 0 bridgehead atoms. The molecular weight excluding hydrogens is 292 g/mol. The lowest BCUT2D eigenvalue weighted by Gasteiger charge is -2.21. The van der Waals surface area contributed by atoms with Crippen molar-refractivity contribution in [3.63, 3.8) is 0 Å². The SMILES string of the molecule is CC(C)(C)NS(=O)(=O)c1ccc(Br)cc1N. The highest BCUT2D eigenvalue weighted by Crippen LogP contribution is 2.23. The average Bonchev–Trinajstić information content (AvgIpc) is 1.97. The van der Waals surface area contributed by atoms with Gasteiger partial charge in [-0.25, -0.2) is 13.1 Å². The van der Waals surface area contributed by atoms with E-state index in [2.05, 4.69) is 20.7 Å². The Hall–Kier alpha value is -0.590. The van der Waals surface area contributed by atoms with Gasteiger partial charge < -0.3 is 5.73 Å². The van der Waals surface area contributed by atoms with Crippen molar-refractivity contribution >= 4 is 31.6 Å². The second-order valence-corrected chi connectivity index (χ2v) is 7.10. The van der Waals surface area contributed by atoms with E-state index in [1.807, 2.05) is 0 Å².